The maximum Gasteiger partial charge on any atom is 0.125 e. The van der Waals surface area contributed by atoms with Crippen molar-refractivity contribution in [3.05, 3.63) is 35.6 Å². The van der Waals surface area contributed by atoms with Crippen molar-refractivity contribution >= 4 is 11.3 Å². The Balaban J connectivity index is 1.89. The smallest absolute Gasteiger partial charge is 0.125 e. The fourth-order valence-electron chi connectivity index (χ4n) is 2.15. The van der Waals surface area contributed by atoms with Gasteiger partial charge in [0, 0.05) is 35.3 Å². The van der Waals surface area contributed by atoms with E-state index in [0.717, 1.165) is 17.1 Å². The van der Waals surface area contributed by atoms with Gasteiger partial charge in [-0.1, -0.05) is 0 Å². The van der Waals surface area contributed by atoms with Crippen LogP contribution in [0.3, 0.4) is 0 Å². The van der Waals surface area contributed by atoms with E-state index in [2.05, 4.69) is 21.7 Å². The number of nitrogens with one attached hydrogen (secondary N) is 1. The minimum absolute atomic E-state index is 0.311. The zero-order chi connectivity index (χ0) is 11.7. The first-order valence-electron chi connectivity index (χ1n) is 5.85. The molecule has 1 saturated carbocycles. The lowest BCUT2D eigenvalue weighted by atomic mass is 10.0. The third kappa shape index (κ3) is 1.98. The Labute approximate surface area is 105 Å². The first-order valence-corrected chi connectivity index (χ1v) is 6.73. The van der Waals surface area contributed by atoms with E-state index in [4.69, 9.17) is 4.98 Å². The summed E-state index contributed by atoms with van der Waals surface area (Å²) in [6.45, 7) is 1.03. The van der Waals surface area contributed by atoms with E-state index in [0.29, 0.717) is 5.41 Å². The first-order chi connectivity index (χ1) is 8.34. The average molecular weight is 245 g/mol. The summed E-state index contributed by atoms with van der Waals surface area (Å²) in [6, 6.07) is 4.02. The Kier molecular flexibility index (Phi) is 2.68. The lowest BCUT2D eigenvalue weighted by Gasteiger charge is -2.10. The molecule has 0 radical (unpaired) electrons. The number of hydrogen-bond acceptors (Lipinski definition) is 4. The van der Waals surface area contributed by atoms with Gasteiger partial charge in [-0.3, -0.25) is 4.98 Å². The van der Waals surface area contributed by atoms with E-state index < -0.39 is 0 Å². The van der Waals surface area contributed by atoms with Gasteiger partial charge in [-0.05, 0) is 32.0 Å². The molecule has 1 fully saturated rings. The van der Waals surface area contributed by atoms with Crippen molar-refractivity contribution in [1.82, 2.24) is 15.3 Å². The second kappa shape index (κ2) is 4.20. The van der Waals surface area contributed by atoms with Crippen molar-refractivity contribution in [3.8, 4) is 10.6 Å². The maximum atomic E-state index is 4.77. The summed E-state index contributed by atoms with van der Waals surface area (Å²) in [5.41, 5.74) is 2.67. The highest BCUT2D eigenvalue weighted by atomic mass is 32.1. The number of likely N-dealkylation sites (N-methyl/N-ethyl adjacent to an activating group) is 1. The summed E-state index contributed by atoms with van der Waals surface area (Å²) < 4.78 is 0. The monoisotopic (exact) mass is 245 g/mol. The molecule has 0 spiro atoms. The normalized spacial score (nSPS) is 17.0. The Morgan fingerprint density at radius 3 is 3.00 bits per heavy atom. The van der Waals surface area contributed by atoms with Crippen LogP contribution < -0.4 is 5.32 Å². The molecule has 1 aliphatic carbocycles. The predicted molar refractivity (Wildman–Crippen MR) is 70.2 cm³/mol. The molecule has 3 nitrogen and oxygen atoms in total. The Morgan fingerprint density at radius 2 is 2.35 bits per heavy atom. The van der Waals surface area contributed by atoms with Crippen LogP contribution in [0.15, 0.2) is 29.9 Å². The molecule has 2 aromatic rings. The van der Waals surface area contributed by atoms with Gasteiger partial charge < -0.3 is 5.32 Å². The molecular weight excluding hydrogens is 230 g/mol. The number of rotatable bonds is 4. The van der Waals surface area contributed by atoms with E-state index in [1.54, 1.807) is 17.5 Å². The largest absolute Gasteiger partial charge is 0.319 e. The van der Waals surface area contributed by atoms with E-state index in [1.807, 2.05) is 19.3 Å². The molecule has 0 aromatic carbocycles. The zero-order valence-electron chi connectivity index (χ0n) is 9.81. The fraction of sp³-hybridized carbons (Fsp3) is 0.385. The van der Waals surface area contributed by atoms with Crippen molar-refractivity contribution in [2.24, 2.45) is 0 Å². The molecule has 0 amide bonds. The minimum atomic E-state index is 0.311. The zero-order valence-corrected chi connectivity index (χ0v) is 10.6. The molecule has 0 saturated heterocycles. The number of hydrogen-bond donors (Lipinski definition) is 1. The topological polar surface area (TPSA) is 37.8 Å². The van der Waals surface area contributed by atoms with Gasteiger partial charge in [-0.15, -0.1) is 11.3 Å². The number of pyridine rings is 1. The van der Waals surface area contributed by atoms with Crippen LogP contribution in [-0.2, 0) is 5.41 Å². The number of nitrogens with zero attached hydrogens (tertiary/aromatic N) is 2. The lowest BCUT2D eigenvalue weighted by molar-refractivity contribution is 0.611. The van der Waals surface area contributed by atoms with Gasteiger partial charge in [-0.25, -0.2) is 4.98 Å². The van der Waals surface area contributed by atoms with E-state index in [9.17, 15) is 0 Å². The Hall–Kier alpha value is -1.26. The highest BCUT2D eigenvalue weighted by Crippen LogP contribution is 2.48. The predicted octanol–water partition coefficient (Wildman–Crippen LogP) is 2.46. The van der Waals surface area contributed by atoms with Gasteiger partial charge in [-0.2, -0.15) is 0 Å². The van der Waals surface area contributed by atoms with Gasteiger partial charge >= 0.3 is 0 Å². The quantitative estimate of drug-likeness (QED) is 0.899. The molecule has 0 unspecified atom stereocenters. The second-order valence-electron chi connectivity index (χ2n) is 4.59. The highest BCUT2D eigenvalue weighted by Gasteiger charge is 2.45. The maximum absolute atomic E-state index is 4.77. The molecule has 0 aliphatic heterocycles. The number of thiazole rings is 1. The average Bonchev–Trinajstić information content (AvgIpc) is 2.98. The van der Waals surface area contributed by atoms with Gasteiger partial charge in [0.2, 0.25) is 0 Å². The van der Waals surface area contributed by atoms with Gasteiger partial charge in [0.05, 0.1) is 5.69 Å². The Morgan fingerprint density at radius 1 is 1.47 bits per heavy atom. The molecule has 17 heavy (non-hydrogen) atoms. The van der Waals surface area contributed by atoms with Crippen molar-refractivity contribution in [1.29, 1.82) is 0 Å². The van der Waals surface area contributed by atoms with Crippen molar-refractivity contribution < 1.29 is 0 Å². The van der Waals surface area contributed by atoms with E-state index >= 15 is 0 Å². The molecule has 1 N–H and O–H groups in total. The summed E-state index contributed by atoms with van der Waals surface area (Å²) in [5.74, 6) is 0. The molecule has 0 bridgehead atoms. The third-order valence-corrected chi connectivity index (χ3v) is 4.22. The summed E-state index contributed by atoms with van der Waals surface area (Å²) >= 11 is 1.72. The minimum Gasteiger partial charge on any atom is -0.319 e. The molecule has 88 valence electrons. The summed E-state index contributed by atoms with van der Waals surface area (Å²) in [6.07, 6.45) is 6.18. The fourth-order valence-corrected chi connectivity index (χ4v) is 3.09. The second-order valence-corrected chi connectivity index (χ2v) is 5.45. The summed E-state index contributed by atoms with van der Waals surface area (Å²) in [4.78, 5) is 8.91. The van der Waals surface area contributed by atoms with Crippen LogP contribution in [0, 0.1) is 0 Å². The van der Waals surface area contributed by atoms with Crippen molar-refractivity contribution in [3.63, 3.8) is 0 Å². The molecule has 0 atom stereocenters. The van der Waals surface area contributed by atoms with E-state index in [1.165, 1.54) is 18.5 Å². The molecule has 3 rings (SSSR count). The van der Waals surface area contributed by atoms with E-state index in [-0.39, 0.29) is 0 Å². The van der Waals surface area contributed by atoms with Crippen LogP contribution in [0.5, 0.6) is 0 Å². The Bertz CT molecular complexity index is 502. The van der Waals surface area contributed by atoms with Gasteiger partial charge in [0.1, 0.15) is 5.01 Å². The van der Waals surface area contributed by atoms with Gasteiger partial charge in [0.15, 0.2) is 0 Å². The van der Waals surface area contributed by atoms with Crippen LogP contribution in [0.4, 0.5) is 0 Å². The van der Waals surface area contributed by atoms with Crippen LogP contribution in [0.2, 0.25) is 0 Å². The summed E-state index contributed by atoms with van der Waals surface area (Å²) in [5, 5.41) is 6.55. The van der Waals surface area contributed by atoms with Crippen LogP contribution >= 0.6 is 11.3 Å². The van der Waals surface area contributed by atoms with Crippen molar-refractivity contribution in [2.75, 3.05) is 13.6 Å². The van der Waals surface area contributed by atoms with Crippen LogP contribution in [-0.4, -0.2) is 23.6 Å². The van der Waals surface area contributed by atoms with Crippen LogP contribution in [0.1, 0.15) is 18.5 Å². The van der Waals surface area contributed by atoms with Crippen LogP contribution in [0.25, 0.3) is 10.6 Å². The molecule has 2 heterocycles. The van der Waals surface area contributed by atoms with Crippen molar-refractivity contribution in [2.45, 2.75) is 18.3 Å². The highest BCUT2D eigenvalue weighted by molar-refractivity contribution is 7.13. The molecule has 2 aromatic heterocycles. The lowest BCUT2D eigenvalue weighted by Crippen LogP contribution is -2.23. The standard InChI is InChI=1S/C13H15N3S/c1-14-9-13(4-5-13)11-8-17-12(16-11)10-3-2-6-15-7-10/h2-3,6-8,14H,4-5,9H2,1H3. The molecular formula is C13H15N3S. The molecule has 1 aliphatic rings. The SMILES string of the molecule is CNCC1(c2csc(-c3cccnc3)n2)CC1. The van der Waals surface area contributed by atoms with Gasteiger partial charge in [0.25, 0.3) is 0 Å². The summed E-state index contributed by atoms with van der Waals surface area (Å²) in [7, 11) is 2.01. The number of aromatic nitrogens is 2. The molecule has 4 heteroatoms. The first kappa shape index (κ1) is 10.9. The third-order valence-electron chi connectivity index (χ3n) is 3.32.